The summed E-state index contributed by atoms with van der Waals surface area (Å²) in [5.41, 5.74) is 2.27. The van der Waals surface area contributed by atoms with Crippen molar-refractivity contribution in [2.75, 3.05) is 26.1 Å². The van der Waals surface area contributed by atoms with Crippen LogP contribution in [0.4, 0.5) is 5.69 Å². The van der Waals surface area contributed by atoms with E-state index in [1.54, 1.807) is 20.4 Å². The number of rotatable bonds is 7. The van der Waals surface area contributed by atoms with Crippen LogP contribution in [-0.4, -0.2) is 36.6 Å². The van der Waals surface area contributed by atoms with Crippen LogP contribution in [0.1, 0.15) is 5.56 Å². The minimum atomic E-state index is -0.239. The minimum Gasteiger partial charge on any atom is -0.380 e. The van der Waals surface area contributed by atoms with E-state index in [1.165, 1.54) is 5.56 Å². The number of aromatic nitrogens is 2. The fourth-order valence-electron chi connectivity index (χ4n) is 1.83. The first-order chi connectivity index (χ1) is 9.31. The van der Waals surface area contributed by atoms with Crippen LogP contribution in [0.3, 0.4) is 0 Å². The maximum Gasteiger partial charge on any atom is 0.173 e. The Labute approximate surface area is 113 Å². The van der Waals surface area contributed by atoms with Crippen molar-refractivity contribution in [1.29, 1.82) is 0 Å². The first-order valence-electron chi connectivity index (χ1n) is 6.16. The highest BCUT2D eigenvalue weighted by Gasteiger charge is 2.04. The topological polar surface area (TPSA) is 48.3 Å². The van der Waals surface area contributed by atoms with Gasteiger partial charge in [-0.25, -0.2) is 4.98 Å². The Bertz CT molecular complexity index is 481. The van der Waals surface area contributed by atoms with E-state index in [1.807, 2.05) is 29.2 Å². The van der Waals surface area contributed by atoms with Crippen LogP contribution in [-0.2, 0) is 16.0 Å². The molecular weight excluding hydrogens is 242 g/mol. The Hall–Kier alpha value is -1.85. The van der Waals surface area contributed by atoms with Crippen LogP contribution < -0.4 is 5.32 Å². The molecule has 2 rings (SSSR count). The van der Waals surface area contributed by atoms with E-state index in [4.69, 9.17) is 9.47 Å². The molecule has 1 aromatic heterocycles. The maximum atomic E-state index is 5.14. The number of nitrogens with one attached hydrogen (secondary N) is 1. The van der Waals surface area contributed by atoms with Crippen LogP contribution in [0, 0.1) is 0 Å². The average molecular weight is 261 g/mol. The summed E-state index contributed by atoms with van der Waals surface area (Å²) >= 11 is 0. The monoisotopic (exact) mass is 261 g/mol. The molecule has 1 heterocycles. The highest BCUT2D eigenvalue weighted by molar-refractivity contribution is 5.45. The Morgan fingerprint density at radius 1 is 1.32 bits per heavy atom. The molecule has 0 bridgehead atoms. The van der Waals surface area contributed by atoms with Gasteiger partial charge < -0.3 is 19.4 Å². The van der Waals surface area contributed by atoms with Gasteiger partial charge in [-0.3, -0.25) is 0 Å². The molecule has 5 heteroatoms. The van der Waals surface area contributed by atoms with E-state index in [0.717, 1.165) is 12.2 Å². The van der Waals surface area contributed by atoms with Gasteiger partial charge in [-0.2, -0.15) is 0 Å². The van der Waals surface area contributed by atoms with Crippen LogP contribution >= 0.6 is 0 Å². The van der Waals surface area contributed by atoms with Crippen LogP contribution in [0.15, 0.2) is 43.0 Å². The average Bonchev–Trinajstić information content (AvgIpc) is 2.93. The van der Waals surface area contributed by atoms with Gasteiger partial charge in [0.1, 0.15) is 0 Å². The molecule has 1 N–H and O–H groups in total. The highest BCUT2D eigenvalue weighted by Crippen LogP contribution is 2.12. The summed E-state index contributed by atoms with van der Waals surface area (Å²) < 4.78 is 12.3. The van der Waals surface area contributed by atoms with Gasteiger partial charge in [0.25, 0.3) is 0 Å². The number of methoxy groups -OCH3 is 2. The summed E-state index contributed by atoms with van der Waals surface area (Å²) in [6.07, 6.45) is 5.30. The predicted molar refractivity (Wildman–Crippen MR) is 74.1 cm³/mol. The highest BCUT2D eigenvalue weighted by atomic mass is 16.7. The largest absolute Gasteiger partial charge is 0.380 e. The Kier molecular flexibility index (Phi) is 4.94. The molecule has 0 aliphatic heterocycles. The number of hydrogen-bond donors (Lipinski definition) is 1. The van der Waals surface area contributed by atoms with Crippen molar-refractivity contribution >= 4 is 5.69 Å². The van der Waals surface area contributed by atoms with Gasteiger partial charge in [0.2, 0.25) is 0 Å². The molecule has 0 spiro atoms. The number of imidazole rings is 1. The number of hydrogen-bond acceptors (Lipinski definition) is 4. The molecule has 5 nitrogen and oxygen atoms in total. The van der Waals surface area contributed by atoms with Crippen molar-refractivity contribution in [2.45, 2.75) is 12.8 Å². The number of benzene rings is 1. The Morgan fingerprint density at radius 2 is 2.16 bits per heavy atom. The second-order valence-corrected chi connectivity index (χ2v) is 4.22. The summed E-state index contributed by atoms with van der Waals surface area (Å²) in [5.74, 6) is 0. The first-order valence-corrected chi connectivity index (χ1v) is 6.16. The zero-order chi connectivity index (χ0) is 13.5. The lowest BCUT2D eigenvalue weighted by Gasteiger charge is -2.15. The minimum absolute atomic E-state index is 0.239. The second kappa shape index (κ2) is 6.92. The fraction of sp³-hybridized carbons (Fsp3) is 0.357. The van der Waals surface area contributed by atoms with E-state index >= 15 is 0 Å². The standard InChI is InChI=1S/C14H19N3O2/c1-18-14(19-2)9-16-13-5-3-4-12(8-13)10-17-7-6-15-11-17/h3-8,11,14,16H,9-10H2,1-2H3. The zero-order valence-corrected chi connectivity index (χ0v) is 11.2. The smallest absolute Gasteiger partial charge is 0.173 e. The number of anilines is 1. The SMILES string of the molecule is COC(CNc1cccc(Cn2ccnc2)c1)OC. The Morgan fingerprint density at radius 3 is 2.84 bits per heavy atom. The molecular formula is C14H19N3O2. The second-order valence-electron chi connectivity index (χ2n) is 4.22. The molecule has 1 aromatic carbocycles. The molecule has 0 amide bonds. The summed E-state index contributed by atoms with van der Waals surface area (Å²) in [6, 6.07) is 8.26. The molecule has 2 aromatic rings. The third kappa shape index (κ3) is 4.08. The van der Waals surface area contributed by atoms with Crippen LogP contribution in [0.25, 0.3) is 0 Å². The van der Waals surface area contributed by atoms with Crippen LogP contribution in [0.5, 0.6) is 0 Å². The van der Waals surface area contributed by atoms with Crippen molar-refractivity contribution in [3.8, 4) is 0 Å². The quantitative estimate of drug-likeness (QED) is 0.774. The van der Waals surface area contributed by atoms with Gasteiger partial charge in [-0.05, 0) is 17.7 Å². The van der Waals surface area contributed by atoms with Crippen molar-refractivity contribution in [3.05, 3.63) is 48.5 Å². The fourth-order valence-corrected chi connectivity index (χ4v) is 1.83. The molecule has 0 unspecified atom stereocenters. The van der Waals surface area contributed by atoms with Crippen molar-refractivity contribution in [1.82, 2.24) is 9.55 Å². The summed E-state index contributed by atoms with van der Waals surface area (Å²) in [7, 11) is 3.26. The van der Waals surface area contributed by atoms with Gasteiger partial charge in [-0.15, -0.1) is 0 Å². The van der Waals surface area contributed by atoms with E-state index in [0.29, 0.717) is 6.54 Å². The molecule has 0 radical (unpaired) electrons. The lowest BCUT2D eigenvalue weighted by molar-refractivity contribution is -0.0914. The molecule has 0 aliphatic rings. The number of nitrogens with zero attached hydrogens (tertiary/aromatic N) is 2. The van der Waals surface area contributed by atoms with E-state index < -0.39 is 0 Å². The molecule has 0 aliphatic carbocycles. The van der Waals surface area contributed by atoms with Gasteiger partial charge in [0, 0.05) is 38.8 Å². The van der Waals surface area contributed by atoms with Crippen molar-refractivity contribution < 1.29 is 9.47 Å². The summed E-state index contributed by atoms with van der Waals surface area (Å²) in [5, 5.41) is 3.29. The lowest BCUT2D eigenvalue weighted by Crippen LogP contribution is -2.23. The number of ether oxygens (including phenoxy) is 2. The molecule has 0 atom stereocenters. The van der Waals surface area contributed by atoms with Crippen molar-refractivity contribution in [2.24, 2.45) is 0 Å². The van der Waals surface area contributed by atoms with Gasteiger partial charge in [0.05, 0.1) is 12.9 Å². The van der Waals surface area contributed by atoms with E-state index in [2.05, 4.69) is 22.4 Å². The Balaban J connectivity index is 1.95. The van der Waals surface area contributed by atoms with E-state index in [9.17, 15) is 0 Å². The van der Waals surface area contributed by atoms with Crippen molar-refractivity contribution in [3.63, 3.8) is 0 Å². The van der Waals surface area contributed by atoms with Crippen LogP contribution in [0.2, 0.25) is 0 Å². The predicted octanol–water partition coefficient (Wildman–Crippen LogP) is 1.96. The molecule has 0 saturated heterocycles. The molecule has 0 fully saturated rings. The first kappa shape index (κ1) is 13.6. The third-order valence-corrected chi connectivity index (χ3v) is 2.85. The van der Waals surface area contributed by atoms with Gasteiger partial charge >= 0.3 is 0 Å². The maximum absolute atomic E-state index is 5.14. The summed E-state index contributed by atoms with van der Waals surface area (Å²) in [4.78, 5) is 4.04. The molecule has 102 valence electrons. The van der Waals surface area contributed by atoms with Gasteiger partial charge in [0.15, 0.2) is 6.29 Å². The lowest BCUT2D eigenvalue weighted by atomic mass is 10.2. The summed E-state index contributed by atoms with van der Waals surface area (Å²) in [6.45, 7) is 1.43. The molecule has 19 heavy (non-hydrogen) atoms. The van der Waals surface area contributed by atoms with Gasteiger partial charge in [-0.1, -0.05) is 12.1 Å². The zero-order valence-electron chi connectivity index (χ0n) is 11.2. The normalized spacial score (nSPS) is 10.9. The molecule has 0 saturated carbocycles. The van der Waals surface area contributed by atoms with E-state index in [-0.39, 0.29) is 6.29 Å². The third-order valence-electron chi connectivity index (χ3n) is 2.85.